The van der Waals surface area contributed by atoms with E-state index >= 15 is 0 Å². The zero-order valence-corrected chi connectivity index (χ0v) is 17.0. The van der Waals surface area contributed by atoms with Gasteiger partial charge in [0.05, 0.1) is 21.3 Å². The Bertz CT molecular complexity index is 848. The minimum atomic E-state index is -0.295. The summed E-state index contributed by atoms with van der Waals surface area (Å²) in [4.78, 5) is 27.1. The molecule has 1 heterocycles. The number of ether oxygens (including phenoxy) is 3. The molecule has 0 spiro atoms. The van der Waals surface area contributed by atoms with Crippen LogP contribution in [0.3, 0.4) is 0 Å². The highest BCUT2D eigenvalue weighted by molar-refractivity contribution is 6.05. The fourth-order valence-electron chi connectivity index (χ4n) is 3.40. The highest BCUT2D eigenvalue weighted by Gasteiger charge is 2.19. The molecule has 154 valence electrons. The van der Waals surface area contributed by atoms with Crippen molar-refractivity contribution < 1.29 is 23.8 Å². The second-order valence-corrected chi connectivity index (χ2v) is 6.80. The van der Waals surface area contributed by atoms with Crippen LogP contribution in [-0.2, 0) is 0 Å². The van der Waals surface area contributed by atoms with Crippen LogP contribution in [0.15, 0.2) is 36.4 Å². The number of piperidine rings is 1. The average Bonchev–Trinajstić information content (AvgIpc) is 2.78. The number of nitrogens with one attached hydrogen (secondary N) is 1. The molecule has 0 atom stereocenters. The van der Waals surface area contributed by atoms with Gasteiger partial charge in [0.2, 0.25) is 5.75 Å². The Morgan fingerprint density at radius 3 is 1.90 bits per heavy atom. The maximum absolute atomic E-state index is 12.6. The smallest absolute Gasteiger partial charge is 0.255 e. The van der Waals surface area contributed by atoms with Crippen LogP contribution in [0.5, 0.6) is 17.2 Å². The van der Waals surface area contributed by atoms with Crippen molar-refractivity contribution in [1.82, 2.24) is 4.90 Å². The third-order valence-electron chi connectivity index (χ3n) is 4.96. The van der Waals surface area contributed by atoms with Crippen molar-refractivity contribution in [3.05, 3.63) is 47.5 Å². The molecule has 0 aliphatic carbocycles. The third kappa shape index (κ3) is 4.62. The number of carbonyl (C=O) groups is 2. The average molecular weight is 398 g/mol. The lowest BCUT2D eigenvalue weighted by molar-refractivity contribution is 0.0724. The largest absolute Gasteiger partial charge is 0.493 e. The van der Waals surface area contributed by atoms with E-state index in [1.54, 1.807) is 36.4 Å². The Kier molecular flexibility index (Phi) is 6.59. The highest BCUT2D eigenvalue weighted by atomic mass is 16.5. The van der Waals surface area contributed by atoms with E-state index in [0.717, 1.165) is 25.9 Å². The summed E-state index contributed by atoms with van der Waals surface area (Å²) >= 11 is 0. The number of rotatable bonds is 6. The van der Waals surface area contributed by atoms with Gasteiger partial charge in [0, 0.05) is 42.0 Å². The normalized spacial score (nSPS) is 13.6. The molecule has 0 bridgehead atoms. The van der Waals surface area contributed by atoms with Gasteiger partial charge >= 0.3 is 0 Å². The molecule has 0 aromatic heterocycles. The molecular formula is C22H26N2O5. The van der Waals surface area contributed by atoms with Gasteiger partial charge in [-0.2, -0.15) is 0 Å². The first-order chi connectivity index (χ1) is 14.1. The second kappa shape index (κ2) is 9.32. The van der Waals surface area contributed by atoms with Gasteiger partial charge in [-0.15, -0.1) is 0 Å². The molecule has 1 N–H and O–H groups in total. The summed E-state index contributed by atoms with van der Waals surface area (Å²) in [6, 6.07) is 10.0. The van der Waals surface area contributed by atoms with Crippen LogP contribution >= 0.6 is 0 Å². The molecule has 1 saturated heterocycles. The summed E-state index contributed by atoms with van der Waals surface area (Å²) in [6.45, 7) is 1.59. The van der Waals surface area contributed by atoms with E-state index in [4.69, 9.17) is 14.2 Å². The van der Waals surface area contributed by atoms with Gasteiger partial charge in [-0.1, -0.05) is 0 Å². The maximum Gasteiger partial charge on any atom is 0.255 e. The number of nitrogens with zero attached hydrogens (tertiary/aromatic N) is 1. The van der Waals surface area contributed by atoms with Crippen LogP contribution in [0.4, 0.5) is 5.69 Å². The van der Waals surface area contributed by atoms with Crippen molar-refractivity contribution in [2.24, 2.45) is 0 Å². The van der Waals surface area contributed by atoms with Crippen LogP contribution in [0, 0.1) is 0 Å². The Morgan fingerprint density at radius 2 is 1.38 bits per heavy atom. The fraction of sp³-hybridized carbons (Fsp3) is 0.364. The lowest BCUT2D eigenvalue weighted by atomic mass is 10.1. The van der Waals surface area contributed by atoms with Gasteiger partial charge in [-0.3, -0.25) is 9.59 Å². The van der Waals surface area contributed by atoms with Crippen molar-refractivity contribution in [3.8, 4) is 17.2 Å². The Balaban J connectivity index is 1.73. The minimum absolute atomic E-state index is 0.0151. The quantitative estimate of drug-likeness (QED) is 0.805. The number of methoxy groups -OCH3 is 3. The maximum atomic E-state index is 12.6. The van der Waals surface area contributed by atoms with Crippen molar-refractivity contribution in [2.45, 2.75) is 19.3 Å². The van der Waals surface area contributed by atoms with E-state index in [1.165, 1.54) is 27.8 Å². The number of anilines is 1. The number of benzene rings is 2. The standard InChI is InChI=1S/C22H26N2O5/c1-27-18-13-17(14-19(28-2)20(18)29-3)23-21(25)15-7-9-16(10-8-15)22(26)24-11-5-4-6-12-24/h7-10,13-14H,4-6,11-12H2,1-3H3,(H,23,25). The van der Waals surface area contributed by atoms with Crippen LogP contribution in [-0.4, -0.2) is 51.1 Å². The predicted molar refractivity (Wildman–Crippen MR) is 110 cm³/mol. The number of amides is 2. The summed E-state index contributed by atoms with van der Waals surface area (Å²) < 4.78 is 15.9. The summed E-state index contributed by atoms with van der Waals surface area (Å²) in [5.74, 6) is 1.07. The highest BCUT2D eigenvalue weighted by Crippen LogP contribution is 2.40. The van der Waals surface area contributed by atoms with E-state index in [9.17, 15) is 9.59 Å². The van der Waals surface area contributed by atoms with Gasteiger partial charge in [-0.25, -0.2) is 0 Å². The Hall–Kier alpha value is -3.22. The molecule has 29 heavy (non-hydrogen) atoms. The first-order valence-corrected chi connectivity index (χ1v) is 9.58. The summed E-state index contributed by atoms with van der Waals surface area (Å²) in [7, 11) is 4.55. The molecule has 0 saturated carbocycles. The van der Waals surface area contributed by atoms with Crippen LogP contribution < -0.4 is 19.5 Å². The van der Waals surface area contributed by atoms with Crippen molar-refractivity contribution in [3.63, 3.8) is 0 Å². The Labute approximate surface area is 170 Å². The molecule has 3 rings (SSSR count). The summed E-state index contributed by atoms with van der Waals surface area (Å²) in [5.41, 5.74) is 1.56. The molecule has 2 amide bonds. The van der Waals surface area contributed by atoms with E-state index in [2.05, 4.69) is 5.32 Å². The molecule has 1 aliphatic rings. The molecule has 2 aromatic rings. The predicted octanol–water partition coefficient (Wildman–Crippen LogP) is 3.59. The number of carbonyl (C=O) groups excluding carboxylic acids is 2. The lowest BCUT2D eigenvalue weighted by Gasteiger charge is -2.26. The number of hydrogen-bond donors (Lipinski definition) is 1. The van der Waals surface area contributed by atoms with Crippen molar-refractivity contribution >= 4 is 17.5 Å². The molecule has 0 unspecified atom stereocenters. The minimum Gasteiger partial charge on any atom is -0.493 e. The van der Waals surface area contributed by atoms with E-state index in [0.29, 0.717) is 34.1 Å². The molecule has 7 nitrogen and oxygen atoms in total. The molecule has 2 aromatic carbocycles. The van der Waals surface area contributed by atoms with Crippen LogP contribution in [0.25, 0.3) is 0 Å². The molecule has 0 radical (unpaired) electrons. The Morgan fingerprint density at radius 1 is 0.828 bits per heavy atom. The van der Waals surface area contributed by atoms with E-state index in [1.807, 2.05) is 4.90 Å². The number of likely N-dealkylation sites (tertiary alicyclic amines) is 1. The van der Waals surface area contributed by atoms with Gasteiger partial charge in [-0.05, 0) is 43.5 Å². The first kappa shape index (κ1) is 20.5. The van der Waals surface area contributed by atoms with Gasteiger partial charge in [0.15, 0.2) is 11.5 Å². The van der Waals surface area contributed by atoms with Gasteiger partial charge < -0.3 is 24.4 Å². The van der Waals surface area contributed by atoms with Gasteiger partial charge in [0.1, 0.15) is 0 Å². The molecule has 7 heteroatoms. The number of hydrogen-bond acceptors (Lipinski definition) is 5. The van der Waals surface area contributed by atoms with E-state index in [-0.39, 0.29) is 11.8 Å². The molecular weight excluding hydrogens is 372 g/mol. The fourth-order valence-corrected chi connectivity index (χ4v) is 3.40. The summed E-state index contributed by atoms with van der Waals surface area (Å²) in [5, 5.41) is 2.82. The van der Waals surface area contributed by atoms with E-state index < -0.39 is 0 Å². The molecule has 1 fully saturated rings. The topological polar surface area (TPSA) is 77.1 Å². The van der Waals surface area contributed by atoms with Crippen molar-refractivity contribution in [1.29, 1.82) is 0 Å². The SMILES string of the molecule is COc1cc(NC(=O)c2ccc(C(=O)N3CCCCC3)cc2)cc(OC)c1OC. The second-order valence-electron chi connectivity index (χ2n) is 6.80. The van der Waals surface area contributed by atoms with Gasteiger partial charge in [0.25, 0.3) is 11.8 Å². The monoisotopic (exact) mass is 398 g/mol. The first-order valence-electron chi connectivity index (χ1n) is 9.58. The molecule has 1 aliphatic heterocycles. The zero-order valence-electron chi connectivity index (χ0n) is 17.0. The van der Waals surface area contributed by atoms with Crippen LogP contribution in [0.2, 0.25) is 0 Å². The van der Waals surface area contributed by atoms with Crippen molar-refractivity contribution in [2.75, 3.05) is 39.7 Å². The summed E-state index contributed by atoms with van der Waals surface area (Å²) in [6.07, 6.45) is 3.26. The van der Waals surface area contributed by atoms with Crippen LogP contribution in [0.1, 0.15) is 40.0 Å². The third-order valence-corrected chi connectivity index (χ3v) is 4.96. The lowest BCUT2D eigenvalue weighted by Crippen LogP contribution is -2.35. The zero-order chi connectivity index (χ0) is 20.8.